The number of hydrogen-bond acceptors (Lipinski definition) is 4. The Morgan fingerprint density at radius 3 is 2.54 bits per heavy atom. The first-order valence-corrected chi connectivity index (χ1v) is 14.1. The molecule has 6 nitrogen and oxygen atoms in total. The molecule has 4 aliphatic rings. The lowest BCUT2D eigenvalue weighted by atomic mass is 9.46. The number of nitro groups is 1. The molecule has 0 bridgehead atoms. The Labute approximate surface area is 211 Å². The number of hydrazone groups is 1. The maximum atomic E-state index is 11.6. The summed E-state index contributed by atoms with van der Waals surface area (Å²) in [5.74, 6) is 2.89. The summed E-state index contributed by atoms with van der Waals surface area (Å²) in [6.45, 7) is 13.4. The van der Waals surface area contributed by atoms with E-state index in [9.17, 15) is 14.9 Å². The number of hydrogen-bond donors (Lipinski definition) is 0. The normalized spacial score (nSPS) is 40.5. The highest BCUT2D eigenvalue weighted by Crippen LogP contribution is 2.67. The first kappa shape index (κ1) is 26.3. The van der Waals surface area contributed by atoms with Gasteiger partial charge in [0, 0.05) is 19.3 Å². The Morgan fingerprint density at radius 1 is 1.14 bits per heavy atom. The van der Waals surface area contributed by atoms with Gasteiger partial charge in [-0.25, -0.2) is 10.1 Å². The second kappa shape index (κ2) is 9.97. The fourth-order valence-electron chi connectivity index (χ4n) is 8.94. The van der Waals surface area contributed by atoms with Crippen molar-refractivity contribution in [1.29, 1.82) is 0 Å². The molecule has 196 valence electrons. The molecule has 4 rings (SSSR count). The van der Waals surface area contributed by atoms with Crippen molar-refractivity contribution in [2.45, 2.75) is 112 Å². The molecule has 0 aromatic heterocycles. The summed E-state index contributed by atoms with van der Waals surface area (Å²) < 4.78 is 5.56. The Hall–Kier alpha value is -1.72. The summed E-state index contributed by atoms with van der Waals surface area (Å²) in [6.07, 6.45) is 13.0. The smallest absolute Gasteiger partial charge is 0.302 e. The van der Waals surface area contributed by atoms with Crippen LogP contribution in [0.5, 0.6) is 0 Å². The zero-order valence-corrected chi connectivity index (χ0v) is 22.7. The van der Waals surface area contributed by atoms with Crippen LogP contribution in [0.25, 0.3) is 0 Å². The fraction of sp³-hybridized carbons (Fsp3) is 0.862. The van der Waals surface area contributed by atoms with Gasteiger partial charge in [-0.05, 0) is 85.0 Å². The van der Waals surface area contributed by atoms with Crippen LogP contribution >= 0.6 is 0 Å². The van der Waals surface area contributed by atoms with Gasteiger partial charge >= 0.3 is 5.97 Å². The van der Waals surface area contributed by atoms with E-state index in [-0.39, 0.29) is 28.8 Å². The standard InChI is InChI=1S/C29H46N2O4/c1-18(2)8-7-9-19(3)23-10-11-24-27-25(13-15-29(23,24)6)28(5)14-12-22(35-20(4)32)16-21(28)17-26(27)30-31(33)34/h17-19,22-25,27H,7-16H2,1-6H3/b30-26+/t19-,22+,23?,24?,25?,27+,28+,29-/m1/s1. The van der Waals surface area contributed by atoms with Gasteiger partial charge in [-0.15, -0.1) is 0 Å². The lowest BCUT2D eigenvalue weighted by Gasteiger charge is -2.58. The summed E-state index contributed by atoms with van der Waals surface area (Å²) in [4.78, 5) is 23.2. The van der Waals surface area contributed by atoms with Gasteiger partial charge in [0.2, 0.25) is 0 Å². The van der Waals surface area contributed by atoms with Crippen LogP contribution in [0.3, 0.4) is 0 Å². The van der Waals surface area contributed by atoms with Crippen LogP contribution in [-0.2, 0) is 9.53 Å². The van der Waals surface area contributed by atoms with Crippen molar-refractivity contribution in [1.82, 2.24) is 0 Å². The molecule has 0 aromatic carbocycles. The predicted octanol–water partition coefficient (Wildman–Crippen LogP) is 7.20. The molecule has 6 heteroatoms. The molecular weight excluding hydrogens is 440 g/mol. The van der Waals surface area contributed by atoms with E-state index in [1.54, 1.807) is 0 Å². The van der Waals surface area contributed by atoms with Crippen molar-refractivity contribution in [2.75, 3.05) is 0 Å². The molecule has 0 heterocycles. The maximum Gasteiger partial charge on any atom is 0.302 e. The highest BCUT2D eigenvalue weighted by atomic mass is 16.7. The molecular formula is C29H46N2O4. The van der Waals surface area contributed by atoms with Crippen LogP contribution < -0.4 is 0 Å². The lowest BCUT2D eigenvalue weighted by molar-refractivity contribution is -0.485. The molecule has 0 N–H and O–H groups in total. The van der Waals surface area contributed by atoms with Crippen molar-refractivity contribution in [3.05, 3.63) is 21.8 Å². The van der Waals surface area contributed by atoms with Crippen LogP contribution in [0.15, 0.2) is 16.8 Å². The van der Waals surface area contributed by atoms with Gasteiger partial charge in [0.1, 0.15) is 11.8 Å². The largest absolute Gasteiger partial charge is 0.462 e. The molecule has 0 spiro atoms. The third-order valence-electron chi connectivity index (χ3n) is 10.7. The van der Waals surface area contributed by atoms with E-state index in [1.165, 1.54) is 44.6 Å². The number of carbonyl (C=O) groups excluding carboxylic acids is 1. The molecule has 3 saturated carbocycles. The molecule has 0 amide bonds. The topological polar surface area (TPSA) is 81.8 Å². The van der Waals surface area contributed by atoms with Crippen molar-refractivity contribution in [3.8, 4) is 0 Å². The molecule has 0 aliphatic heterocycles. The molecule has 0 radical (unpaired) electrons. The van der Waals surface area contributed by atoms with Crippen LogP contribution in [0.1, 0.15) is 106 Å². The SMILES string of the molecule is CC(=O)O[C@H]1CC[C@@]2(C)C(=C/C(=N\[N+](=O)[O-])[C@H]3C4CCC([C@H](C)CCCC(C)C)[C@@]4(C)CCC32)C1. The van der Waals surface area contributed by atoms with Gasteiger partial charge in [-0.1, -0.05) is 59.5 Å². The first-order valence-electron chi connectivity index (χ1n) is 14.1. The third-order valence-corrected chi connectivity index (χ3v) is 10.7. The highest BCUT2D eigenvalue weighted by molar-refractivity contribution is 5.99. The van der Waals surface area contributed by atoms with E-state index in [2.05, 4.69) is 39.7 Å². The monoisotopic (exact) mass is 486 g/mol. The zero-order chi connectivity index (χ0) is 25.5. The molecule has 3 unspecified atom stereocenters. The van der Waals surface area contributed by atoms with Crippen molar-refractivity contribution >= 4 is 11.7 Å². The number of rotatable bonds is 7. The molecule has 3 fully saturated rings. The minimum atomic E-state index is -0.495. The quantitative estimate of drug-likeness (QED) is 0.216. The summed E-state index contributed by atoms with van der Waals surface area (Å²) >= 11 is 0. The van der Waals surface area contributed by atoms with E-state index in [4.69, 9.17) is 4.74 Å². The second-order valence-electron chi connectivity index (χ2n) is 13.1. The molecule has 0 saturated heterocycles. The maximum absolute atomic E-state index is 11.6. The van der Waals surface area contributed by atoms with Gasteiger partial charge in [0.05, 0.1) is 5.10 Å². The highest BCUT2D eigenvalue weighted by Gasteiger charge is 2.61. The van der Waals surface area contributed by atoms with E-state index in [0.717, 1.165) is 31.6 Å². The van der Waals surface area contributed by atoms with Gasteiger partial charge in [-0.3, -0.25) is 4.79 Å². The summed E-state index contributed by atoms with van der Waals surface area (Å²) in [7, 11) is 0. The number of esters is 1. The minimum absolute atomic E-state index is 0.0131. The average Bonchev–Trinajstić information content (AvgIpc) is 3.10. The van der Waals surface area contributed by atoms with E-state index in [1.807, 2.05) is 6.08 Å². The first-order chi connectivity index (χ1) is 16.5. The number of carbonyl (C=O) groups is 1. The molecule has 4 aliphatic carbocycles. The number of fused-ring (bicyclic) bond motifs is 5. The van der Waals surface area contributed by atoms with Gasteiger partial charge in [0.25, 0.3) is 0 Å². The molecule has 35 heavy (non-hydrogen) atoms. The van der Waals surface area contributed by atoms with Crippen molar-refractivity contribution in [3.63, 3.8) is 0 Å². The Balaban J connectivity index is 1.63. The van der Waals surface area contributed by atoms with Crippen LogP contribution in [0, 0.1) is 56.5 Å². The average molecular weight is 487 g/mol. The Bertz CT molecular complexity index is 895. The third kappa shape index (κ3) is 4.96. The van der Waals surface area contributed by atoms with Crippen LogP contribution in [0.4, 0.5) is 0 Å². The van der Waals surface area contributed by atoms with Crippen LogP contribution in [0.2, 0.25) is 0 Å². The predicted molar refractivity (Wildman–Crippen MR) is 138 cm³/mol. The van der Waals surface area contributed by atoms with Crippen molar-refractivity contribution < 1.29 is 14.6 Å². The van der Waals surface area contributed by atoms with Gasteiger partial charge in [-0.2, -0.15) is 0 Å². The van der Waals surface area contributed by atoms with E-state index in [0.29, 0.717) is 35.8 Å². The van der Waals surface area contributed by atoms with E-state index >= 15 is 0 Å². The van der Waals surface area contributed by atoms with E-state index < -0.39 is 5.03 Å². The minimum Gasteiger partial charge on any atom is -0.462 e. The summed E-state index contributed by atoms with van der Waals surface area (Å²) in [6, 6.07) is 0. The lowest BCUT2D eigenvalue weighted by Crippen LogP contribution is -2.54. The van der Waals surface area contributed by atoms with Crippen LogP contribution in [-0.4, -0.2) is 22.8 Å². The molecule has 0 aromatic rings. The molecule has 8 atom stereocenters. The fourth-order valence-corrected chi connectivity index (χ4v) is 8.94. The van der Waals surface area contributed by atoms with Gasteiger partial charge < -0.3 is 4.74 Å². The Morgan fingerprint density at radius 2 is 1.89 bits per heavy atom. The summed E-state index contributed by atoms with van der Waals surface area (Å²) in [5, 5.41) is 15.1. The number of allylic oxidation sites excluding steroid dienone is 1. The zero-order valence-electron chi connectivity index (χ0n) is 22.7. The number of ether oxygens (including phenoxy) is 1. The van der Waals surface area contributed by atoms with Crippen molar-refractivity contribution in [2.24, 2.45) is 51.4 Å². The summed E-state index contributed by atoms with van der Waals surface area (Å²) in [5.41, 5.74) is 2.13. The number of nitrogens with zero attached hydrogens (tertiary/aromatic N) is 2. The van der Waals surface area contributed by atoms with Gasteiger partial charge in [0.15, 0.2) is 5.03 Å². The second-order valence-corrected chi connectivity index (χ2v) is 13.1. The Kier molecular flexibility index (Phi) is 7.51.